The minimum atomic E-state index is -3.27. The lowest BCUT2D eigenvalue weighted by molar-refractivity contribution is 0.146. The molecule has 2 rings (SSSR count). The highest BCUT2D eigenvalue weighted by Crippen LogP contribution is 2.16. The second-order valence-corrected chi connectivity index (χ2v) is 8.46. The Bertz CT molecular complexity index is 667. The summed E-state index contributed by atoms with van der Waals surface area (Å²) in [4.78, 5) is 6.69. The summed E-state index contributed by atoms with van der Waals surface area (Å²) in [5.74, 6) is 1.67. The molecule has 0 bridgehead atoms. The molecule has 1 unspecified atom stereocenters. The second kappa shape index (κ2) is 13.4. The molecule has 0 aromatic carbocycles. The zero-order chi connectivity index (χ0) is 19.5. The smallest absolute Gasteiger partial charge is 0.216 e. The van der Waals surface area contributed by atoms with Crippen molar-refractivity contribution in [1.82, 2.24) is 14.9 Å². The van der Waals surface area contributed by atoms with Gasteiger partial charge in [0, 0.05) is 52.4 Å². The van der Waals surface area contributed by atoms with Gasteiger partial charge in [-0.2, -0.15) is 0 Å². The van der Waals surface area contributed by atoms with Gasteiger partial charge in [-0.3, -0.25) is 4.99 Å². The van der Waals surface area contributed by atoms with E-state index >= 15 is 0 Å². The number of hydrogen-bond donors (Lipinski definition) is 2. The number of guanidine groups is 1. The van der Waals surface area contributed by atoms with Crippen molar-refractivity contribution < 1.29 is 17.6 Å². The molecule has 1 saturated heterocycles. The molecule has 1 aromatic heterocycles. The van der Waals surface area contributed by atoms with Crippen LogP contribution in [0.4, 0.5) is 0 Å². The normalized spacial score (nSPS) is 17.6. The van der Waals surface area contributed by atoms with Crippen LogP contribution in [0.2, 0.25) is 0 Å². The van der Waals surface area contributed by atoms with Crippen molar-refractivity contribution in [3.8, 4) is 0 Å². The molecule has 0 aliphatic carbocycles. The molecule has 0 saturated carbocycles. The van der Waals surface area contributed by atoms with Crippen molar-refractivity contribution >= 4 is 40.0 Å². The van der Waals surface area contributed by atoms with E-state index in [0.29, 0.717) is 52.4 Å². The molecule has 28 heavy (non-hydrogen) atoms. The van der Waals surface area contributed by atoms with Gasteiger partial charge >= 0.3 is 0 Å². The Morgan fingerprint density at radius 1 is 1.43 bits per heavy atom. The van der Waals surface area contributed by atoms with Gasteiger partial charge < -0.3 is 19.4 Å². The average Bonchev–Trinajstić information content (AvgIpc) is 3.32. The summed E-state index contributed by atoms with van der Waals surface area (Å²) in [5.41, 5.74) is 0. The van der Waals surface area contributed by atoms with E-state index in [1.165, 1.54) is 0 Å². The first kappa shape index (κ1) is 25.2. The summed E-state index contributed by atoms with van der Waals surface area (Å²) < 4.78 is 37.9. The Morgan fingerprint density at radius 3 is 2.93 bits per heavy atom. The van der Waals surface area contributed by atoms with Crippen LogP contribution in [0.3, 0.4) is 0 Å². The number of rotatable bonds is 11. The number of halogens is 1. The summed E-state index contributed by atoms with van der Waals surface area (Å²) >= 11 is 0. The van der Waals surface area contributed by atoms with Crippen LogP contribution >= 0.6 is 24.0 Å². The van der Waals surface area contributed by atoms with Crippen LogP contribution in [0.1, 0.15) is 32.4 Å². The number of ether oxygens (including phenoxy) is 1. The fraction of sp³-hybridized carbons (Fsp3) is 0.722. The zero-order valence-electron chi connectivity index (χ0n) is 16.7. The van der Waals surface area contributed by atoms with Crippen LogP contribution < -0.4 is 10.0 Å². The van der Waals surface area contributed by atoms with Crippen LogP contribution in [0.25, 0.3) is 0 Å². The van der Waals surface area contributed by atoms with Crippen LogP contribution in [0.15, 0.2) is 27.8 Å². The van der Waals surface area contributed by atoms with Crippen molar-refractivity contribution in [1.29, 1.82) is 0 Å². The Kier molecular flexibility index (Phi) is 12.0. The molecule has 1 aliphatic rings. The topological polar surface area (TPSA) is 96.2 Å². The number of hydrogen-bond acceptors (Lipinski definition) is 5. The van der Waals surface area contributed by atoms with Gasteiger partial charge in [0.1, 0.15) is 5.76 Å². The van der Waals surface area contributed by atoms with Crippen molar-refractivity contribution in [2.45, 2.75) is 38.4 Å². The van der Waals surface area contributed by atoms with Crippen LogP contribution in [0, 0.1) is 0 Å². The number of aliphatic imine (C=N–C) groups is 1. The van der Waals surface area contributed by atoms with E-state index in [9.17, 15) is 8.42 Å². The number of likely N-dealkylation sites (tertiary alicyclic amines) is 1. The third kappa shape index (κ3) is 8.26. The minimum absolute atomic E-state index is 0. The molecule has 1 atom stereocenters. The van der Waals surface area contributed by atoms with Gasteiger partial charge in [0.2, 0.25) is 10.0 Å². The van der Waals surface area contributed by atoms with Crippen LogP contribution in [-0.2, 0) is 21.2 Å². The van der Waals surface area contributed by atoms with Crippen molar-refractivity contribution in [3.05, 3.63) is 24.2 Å². The molecular formula is C18H33IN4O4S. The maximum absolute atomic E-state index is 12.3. The molecule has 2 N–H and O–H groups in total. The lowest BCUT2D eigenvalue weighted by Gasteiger charge is -2.22. The van der Waals surface area contributed by atoms with E-state index in [4.69, 9.17) is 9.15 Å². The van der Waals surface area contributed by atoms with Crippen LogP contribution in [-0.4, -0.2) is 70.5 Å². The zero-order valence-corrected chi connectivity index (χ0v) is 19.9. The van der Waals surface area contributed by atoms with Gasteiger partial charge in [-0.15, -0.1) is 24.0 Å². The van der Waals surface area contributed by atoms with E-state index in [1.54, 1.807) is 13.2 Å². The Morgan fingerprint density at radius 2 is 2.25 bits per heavy atom. The number of nitrogens with zero attached hydrogens (tertiary/aromatic N) is 2. The summed E-state index contributed by atoms with van der Waals surface area (Å²) in [6, 6.07) is 3.81. The number of nitrogens with one attached hydrogen (secondary N) is 2. The fourth-order valence-electron chi connectivity index (χ4n) is 3.01. The van der Waals surface area contributed by atoms with E-state index in [0.717, 1.165) is 24.6 Å². The predicted molar refractivity (Wildman–Crippen MR) is 122 cm³/mol. The standard InChI is InChI=1S/C18H32N4O4S.HI/c1-3-21-27(23,24)17-9-12-22(15-17)18(19-10-6-13-25-4-2)20-11-8-16-7-5-14-26-16;/h5,7,14,17,21H,3-4,6,8-13,15H2,1-2H3,(H,19,20);1H. The summed E-state index contributed by atoms with van der Waals surface area (Å²) in [7, 11) is -3.27. The molecule has 1 aliphatic heterocycles. The molecule has 0 spiro atoms. The van der Waals surface area contributed by atoms with Crippen molar-refractivity contribution in [2.75, 3.05) is 45.9 Å². The summed E-state index contributed by atoms with van der Waals surface area (Å²) in [5, 5.41) is 2.95. The second-order valence-electron chi connectivity index (χ2n) is 6.41. The van der Waals surface area contributed by atoms with Gasteiger partial charge in [-0.1, -0.05) is 6.92 Å². The molecule has 8 nitrogen and oxygen atoms in total. The Labute approximate surface area is 185 Å². The number of furan rings is 1. The first-order valence-electron chi connectivity index (χ1n) is 9.68. The maximum Gasteiger partial charge on any atom is 0.216 e. The van der Waals surface area contributed by atoms with E-state index in [1.807, 2.05) is 24.0 Å². The van der Waals surface area contributed by atoms with E-state index < -0.39 is 15.3 Å². The van der Waals surface area contributed by atoms with Gasteiger partial charge in [-0.05, 0) is 31.9 Å². The SMILES string of the molecule is CCNS(=O)(=O)C1CCN(C(=NCCCOCC)NCCc2ccco2)C1.I. The molecule has 10 heteroatoms. The van der Waals surface area contributed by atoms with Crippen molar-refractivity contribution in [2.24, 2.45) is 4.99 Å². The van der Waals surface area contributed by atoms with Gasteiger partial charge in [0.15, 0.2) is 5.96 Å². The largest absolute Gasteiger partial charge is 0.469 e. The molecule has 0 amide bonds. The summed E-state index contributed by atoms with van der Waals surface area (Å²) in [6.45, 7) is 8.01. The molecule has 0 radical (unpaired) electrons. The molecular weight excluding hydrogens is 495 g/mol. The van der Waals surface area contributed by atoms with E-state index in [2.05, 4.69) is 15.0 Å². The van der Waals surface area contributed by atoms with Gasteiger partial charge in [0.05, 0.1) is 11.5 Å². The van der Waals surface area contributed by atoms with Crippen molar-refractivity contribution in [3.63, 3.8) is 0 Å². The van der Waals surface area contributed by atoms with Crippen LogP contribution in [0.5, 0.6) is 0 Å². The molecule has 162 valence electrons. The lowest BCUT2D eigenvalue weighted by atomic mass is 10.3. The predicted octanol–water partition coefficient (Wildman–Crippen LogP) is 1.83. The average molecular weight is 528 g/mol. The highest BCUT2D eigenvalue weighted by atomic mass is 127. The summed E-state index contributed by atoms with van der Waals surface area (Å²) in [6.07, 6.45) is 3.85. The number of sulfonamides is 1. The minimum Gasteiger partial charge on any atom is -0.469 e. The highest BCUT2D eigenvalue weighted by Gasteiger charge is 2.33. The lowest BCUT2D eigenvalue weighted by Crippen LogP contribution is -2.43. The first-order chi connectivity index (χ1) is 13.1. The first-order valence-corrected chi connectivity index (χ1v) is 11.2. The van der Waals surface area contributed by atoms with Gasteiger partial charge in [0.25, 0.3) is 0 Å². The molecule has 2 heterocycles. The fourth-order valence-corrected chi connectivity index (χ4v) is 4.44. The molecule has 1 aromatic rings. The van der Waals surface area contributed by atoms with Gasteiger partial charge in [-0.25, -0.2) is 13.1 Å². The third-order valence-electron chi connectivity index (χ3n) is 4.38. The van der Waals surface area contributed by atoms with E-state index in [-0.39, 0.29) is 24.0 Å². The highest BCUT2D eigenvalue weighted by molar-refractivity contribution is 14.0. The molecule has 1 fully saturated rings. The monoisotopic (exact) mass is 528 g/mol. The maximum atomic E-state index is 12.3. The third-order valence-corrected chi connectivity index (χ3v) is 6.33. The Hall–Kier alpha value is -0.850. The Balaban J connectivity index is 0.00000392. The quantitative estimate of drug-likeness (QED) is 0.197.